The molecule has 1 aromatic carbocycles. The molecule has 25 heavy (non-hydrogen) atoms. The lowest BCUT2D eigenvalue weighted by Gasteiger charge is -2.10. The Labute approximate surface area is 144 Å². The summed E-state index contributed by atoms with van der Waals surface area (Å²) in [7, 11) is 1.44. The highest BCUT2D eigenvalue weighted by atomic mass is 16.7. The third kappa shape index (κ3) is 3.80. The van der Waals surface area contributed by atoms with Crippen molar-refractivity contribution in [3.63, 3.8) is 0 Å². The van der Waals surface area contributed by atoms with Gasteiger partial charge in [-0.3, -0.25) is 9.59 Å². The maximum absolute atomic E-state index is 12.2. The van der Waals surface area contributed by atoms with Crippen molar-refractivity contribution >= 4 is 22.7 Å². The van der Waals surface area contributed by atoms with Crippen molar-refractivity contribution in [2.75, 3.05) is 7.11 Å². The number of ketones is 1. The standard InChI is InChI=1S/C19H19NO5/c1-12(23-2)25-19(22)8-7-17(21)18-9-13(11-24-18)15-10-20-16-6-4-3-5-14(15)16/h3-6,9-12,20H,7-8H2,1-2H3. The summed E-state index contributed by atoms with van der Waals surface area (Å²) in [5.74, 6) is -0.493. The van der Waals surface area contributed by atoms with Gasteiger partial charge in [-0.1, -0.05) is 18.2 Å². The first-order valence-corrected chi connectivity index (χ1v) is 7.99. The Hall–Kier alpha value is -2.86. The average molecular weight is 341 g/mol. The summed E-state index contributed by atoms with van der Waals surface area (Å²) < 4.78 is 15.2. The Morgan fingerprint density at radius 3 is 2.84 bits per heavy atom. The molecule has 130 valence electrons. The number of esters is 1. The number of rotatable bonds is 7. The van der Waals surface area contributed by atoms with E-state index >= 15 is 0 Å². The van der Waals surface area contributed by atoms with E-state index in [0.29, 0.717) is 0 Å². The van der Waals surface area contributed by atoms with Crippen LogP contribution in [0, 0.1) is 0 Å². The first-order chi connectivity index (χ1) is 12.1. The Bertz CT molecular complexity index is 892. The number of fused-ring (bicyclic) bond motifs is 1. The maximum Gasteiger partial charge on any atom is 0.308 e. The van der Waals surface area contributed by atoms with Crippen LogP contribution in [0.4, 0.5) is 0 Å². The molecule has 3 aromatic rings. The predicted octanol–water partition coefficient (Wildman–Crippen LogP) is 3.93. The number of aromatic nitrogens is 1. The summed E-state index contributed by atoms with van der Waals surface area (Å²) in [5.41, 5.74) is 2.80. The van der Waals surface area contributed by atoms with E-state index in [1.807, 2.05) is 30.5 Å². The molecule has 0 saturated heterocycles. The summed E-state index contributed by atoms with van der Waals surface area (Å²) in [6, 6.07) is 9.59. The molecule has 0 aliphatic carbocycles. The summed E-state index contributed by atoms with van der Waals surface area (Å²) in [6.45, 7) is 1.61. The molecular weight excluding hydrogens is 322 g/mol. The van der Waals surface area contributed by atoms with Gasteiger partial charge in [0.15, 0.2) is 17.8 Å². The van der Waals surface area contributed by atoms with Crippen LogP contribution in [0.2, 0.25) is 0 Å². The fourth-order valence-electron chi connectivity index (χ4n) is 2.56. The normalized spacial score (nSPS) is 12.2. The number of H-pyrrole nitrogens is 1. The summed E-state index contributed by atoms with van der Waals surface area (Å²) in [4.78, 5) is 27.0. The lowest BCUT2D eigenvalue weighted by molar-refractivity contribution is -0.169. The molecule has 6 heteroatoms. The van der Waals surface area contributed by atoms with Crippen molar-refractivity contribution < 1.29 is 23.5 Å². The van der Waals surface area contributed by atoms with Crippen molar-refractivity contribution in [2.24, 2.45) is 0 Å². The van der Waals surface area contributed by atoms with Crippen molar-refractivity contribution in [3.8, 4) is 11.1 Å². The molecule has 1 atom stereocenters. The summed E-state index contributed by atoms with van der Waals surface area (Å²) in [6.07, 6.45) is 2.81. The van der Waals surface area contributed by atoms with Gasteiger partial charge in [-0.2, -0.15) is 0 Å². The summed E-state index contributed by atoms with van der Waals surface area (Å²) >= 11 is 0. The highest BCUT2D eigenvalue weighted by Gasteiger charge is 2.17. The van der Waals surface area contributed by atoms with E-state index in [2.05, 4.69) is 4.98 Å². The zero-order chi connectivity index (χ0) is 17.8. The molecule has 3 rings (SSSR count). The van der Waals surface area contributed by atoms with Gasteiger partial charge in [0.25, 0.3) is 0 Å². The lowest BCUT2D eigenvalue weighted by Crippen LogP contribution is -2.17. The second-order valence-electron chi connectivity index (χ2n) is 5.66. The minimum absolute atomic E-state index is 0.0182. The van der Waals surface area contributed by atoms with Crippen molar-refractivity contribution in [2.45, 2.75) is 26.1 Å². The first kappa shape index (κ1) is 17.0. The van der Waals surface area contributed by atoms with Crippen LogP contribution >= 0.6 is 0 Å². The van der Waals surface area contributed by atoms with E-state index in [9.17, 15) is 9.59 Å². The number of ether oxygens (including phenoxy) is 2. The van der Waals surface area contributed by atoms with Gasteiger partial charge in [0.1, 0.15) is 0 Å². The molecule has 2 aromatic heterocycles. The van der Waals surface area contributed by atoms with Crippen LogP contribution < -0.4 is 0 Å². The number of aromatic amines is 1. The van der Waals surface area contributed by atoms with Gasteiger partial charge >= 0.3 is 5.97 Å². The molecular formula is C19H19NO5. The smallest absolute Gasteiger partial charge is 0.308 e. The van der Waals surface area contributed by atoms with Crippen molar-refractivity contribution in [1.29, 1.82) is 0 Å². The van der Waals surface area contributed by atoms with E-state index in [0.717, 1.165) is 22.0 Å². The Kier molecular flexibility index (Phi) is 5.00. The fraction of sp³-hybridized carbons (Fsp3) is 0.263. The summed E-state index contributed by atoms with van der Waals surface area (Å²) in [5, 5.41) is 1.06. The minimum Gasteiger partial charge on any atom is -0.461 e. The van der Waals surface area contributed by atoms with Crippen LogP contribution in [0.1, 0.15) is 30.3 Å². The Morgan fingerprint density at radius 2 is 2.04 bits per heavy atom. The second-order valence-corrected chi connectivity index (χ2v) is 5.66. The van der Waals surface area contributed by atoms with Crippen molar-refractivity contribution in [1.82, 2.24) is 4.98 Å². The number of para-hydroxylation sites is 1. The van der Waals surface area contributed by atoms with Crippen molar-refractivity contribution in [3.05, 3.63) is 48.6 Å². The Morgan fingerprint density at radius 1 is 1.24 bits per heavy atom. The van der Waals surface area contributed by atoms with Crippen LogP contribution in [0.25, 0.3) is 22.0 Å². The highest BCUT2D eigenvalue weighted by molar-refractivity contribution is 5.99. The van der Waals surface area contributed by atoms with Crippen LogP contribution in [0.5, 0.6) is 0 Å². The Balaban J connectivity index is 1.67. The van der Waals surface area contributed by atoms with Crippen LogP contribution in [0.15, 0.2) is 47.2 Å². The molecule has 0 saturated carbocycles. The number of hydrogen-bond acceptors (Lipinski definition) is 5. The number of benzene rings is 1. The fourth-order valence-corrected chi connectivity index (χ4v) is 2.56. The van der Waals surface area contributed by atoms with E-state index in [-0.39, 0.29) is 24.4 Å². The molecule has 1 N–H and O–H groups in total. The molecule has 2 heterocycles. The van der Waals surface area contributed by atoms with Gasteiger partial charge in [-0.05, 0) is 19.1 Å². The van der Waals surface area contributed by atoms with Crippen LogP contribution in [0.3, 0.4) is 0 Å². The van der Waals surface area contributed by atoms with Gasteiger partial charge in [0.05, 0.1) is 12.7 Å². The average Bonchev–Trinajstić information content (AvgIpc) is 3.26. The van der Waals surface area contributed by atoms with Crippen LogP contribution in [-0.4, -0.2) is 30.1 Å². The molecule has 0 bridgehead atoms. The minimum atomic E-state index is -0.625. The topological polar surface area (TPSA) is 81.5 Å². The SMILES string of the molecule is COC(C)OC(=O)CCC(=O)c1cc(-c2c[nH]c3ccccc23)co1. The third-order valence-corrected chi connectivity index (χ3v) is 3.96. The number of Topliss-reactive ketones (excluding diaryl/α,β-unsaturated/α-hetero) is 1. The third-order valence-electron chi connectivity index (χ3n) is 3.96. The quantitative estimate of drug-likeness (QED) is 0.400. The number of carbonyl (C=O) groups is 2. The van der Waals surface area contributed by atoms with Gasteiger partial charge in [-0.25, -0.2) is 0 Å². The number of hydrogen-bond donors (Lipinski definition) is 1. The van der Waals surface area contributed by atoms with Gasteiger partial charge in [-0.15, -0.1) is 0 Å². The molecule has 0 radical (unpaired) electrons. The van der Waals surface area contributed by atoms with E-state index in [4.69, 9.17) is 13.9 Å². The van der Waals surface area contributed by atoms with E-state index in [1.54, 1.807) is 19.3 Å². The zero-order valence-electron chi connectivity index (χ0n) is 14.1. The number of carbonyl (C=O) groups excluding carboxylic acids is 2. The molecule has 0 aliphatic heterocycles. The maximum atomic E-state index is 12.2. The molecule has 6 nitrogen and oxygen atoms in total. The molecule has 0 spiro atoms. The van der Waals surface area contributed by atoms with E-state index < -0.39 is 12.3 Å². The van der Waals surface area contributed by atoms with Gasteiger partial charge in [0, 0.05) is 41.8 Å². The van der Waals surface area contributed by atoms with E-state index in [1.165, 1.54) is 7.11 Å². The first-order valence-electron chi connectivity index (χ1n) is 7.99. The van der Waals surface area contributed by atoms with Gasteiger partial charge in [0.2, 0.25) is 0 Å². The van der Waals surface area contributed by atoms with Crippen LogP contribution in [-0.2, 0) is 14.3 Å². The molecule has 0 amide bonds. The number of furan rings is 1. The molecule has 1 unspecified atom stereocenters. The second kappa shape index (κ2) is 7.36. The predicted molar refractivity (Wildman–Crippen MR) is 92.1 cm³/mol. The largest absolute Gasteiger partial charge is 0.461 e. The molecule has 0 fully saturated rings. The zero-order valence-corrected chi connectivity index (χ0v) is 14.1. The number of nitrogens with one attached hydrogen (secondary N) is 1. The lowest BCUT2D eigenvalue weighted by atomic mass is 10.1. The molecule has 0 aliphatic rings. The highest BCUT2D eigenvalue weighted by Crippen LogP contribution is 2.30. The monoisotopic (exact) mass is 341 g/mol. The number of methoxy groups -OCH3 is 1. The van der Waals surface area contributed by atoms with Gasteiger partial charge < -0.3 is 18.9 Å².